The van der Waals surface area contributed by atoms with Gasteiger partial charge >= 0.3 is 5.97 Å². The molecule has 2 N–H and O–H groups in total. The number of ether oxygens (including phenoxy) is 1. The van der Waals surface area contributed by atoms with E-state index in [1.54, 1.807) is 0 Å². The summed E-state index contributed by atoms with van der Waals surface area (Å²) in [6.07, 6.45) is 0.656. The molecule has 0 unspecified atom stereocenters. The lowest BCUT2D eigenvalue weighted by atomic mass is 10.0. The number of anilines is 1. The Kier molecular flexibility index (Phi) is 4.33. The molecule has 0 radical (unpaired) electrons. The number of halogens is 1. The fraction of sp³-hybridized carbons (Fsp3) is 0.500. The van der Waals surface area contributed by atoms with E-state index in [2.05, 4.69) is 0 Å². The molecule has 0 saturated carbocycles. The summed E-state index contributed by atoms with van der Waals surface area (Å²) in [5.74, 6) is -0.665. The van der Waals surface area contributed by atoms with E-state index in [0.717, 1.165) is 11.1 Å². The molecule has 0 bridgehead atoms. The molecule has 0 aliphatic carbocycles. The lowest BCUT2D eigenvalue weighted by Gasteiger charge is -2.19. The van der Waals surface area contributed by atoms with E-state index < -0.39 is 5.60 Å². The second-order valence-electron chi connectivity index (χ2n) is 5.37. The van der Waals surface area contributed by atoms with Crippen LogP contribution in [0.2, 0.25) is 0 Å². The standard InChI is InChI=1S/C14H20FNO2/c1-9-10(7-11(15)8-12(9)16)5-6-13(17)18-14(2,3)4/h7-8H,5-6,16H2,1-4H3. The summed E-state index contributed by atoms with van der Waals surface area (Å²) in [6.45, 7) is 7.27. The Hall–Kier alpha value is -1.58. The predicted octanol–water partition coefficient (Wildman–Crippen LogP) is 2.99. The molecule has 100 valence electrons. The normalized spacial score (nSPS) is 11.4. The molecule has 0 fully saturated rings. The Morgan fingerprint density at radius 1 is 1.39 bits per heavy atom. The van der Waals surface area contributed by atoms with Gasteiger partial charge in [-0.05, 0) is 57.4 Å². The highest BCUT2D eigenvalue weighted by molar-refractivity contribution is 5.70. The van der Waals surface area contributed by atoms with Crippen molar-refractivity contribution in [1.82, 2.24) is 0 Å². The fourth-order valence-electron chi connectivity index (χ4n) is 1.65. The minimum atomic E-state index is -0.493. The smallest absolute Gasteiger partial charge is 0.306 e. The summed E-state index contributed by atoms with van der Waals surface area (Å²) in [5.41, 5.74) is 7.16. The van der Waals surface area contributed by atoms with Crippen molar-refractivity contribution in [3.8, 4) is 0 Å². The van der Waals surface area contributed by atoms with E-state index in [0.29, 0.717) is 12.1 Å². The van der Waals surface area contributed by atoms with Gasteiger partial charge in [0.05, 0.1) is 0 Å². The minimum absolute atomic E-state index is 0.223. The van der Waals surface area contributed by atoms with Gasteiger partial charge in [-0.25, -0.2) is 4.39 Å². The van der Waals surface area contributed by atoms with E-state index >= 15 is 0 Å². The molecule has 18 heavy (non-hydrogen) atoms. The van der Waals surface area contributed by atoms with Crippen LogP contribution >= 0.6 is 0 Å². The van der Waals surface area contributed by atoms with Gasteiger partial charge in [0, 0.05) is 12.1 Å². The number of hydrogen-bond acceptors (Lipinski definition) is 3. The molecular formula is C14H20FNO2. The van der Waals surface area contributed by atoms with Crippen molar-refractivity contribution in [1.29, 1.82) is 0 Å². The molecular weight excluding hydrogens is 233 g/mol. The van der Waals surface area contributed by atoms with Crippen LogP contribution in [-0.4, -0.2) is 11.6 Å². The Bertz CT molecular complexity index is 450. The first-order valence-electron chi connectivity index (χ1n) is 5.95. The average molecular weight is 253 g/mol. The zero-order chi connectivity index (χ0) is 13.9. The number of carbonyl (C=O) groups excluding carboxylic acids is 1. The van der Waals surface area contributed by atoms with E-state index in [1.807, 2.05) is 27.7 Å². The molecule has 4 heteroatoms. The molecule has 0 heterocycles. The molecule has 0 amide bonds. The quantitative estimate of drug-likeness (QED) is 0.665. The summed E-state index contributed by atoms with van der Waals surface area (Å²) in [7, 11) is 0. The number of esters is 1. The topological polar surface area (TPSA) is 52.3 Å². The highest BCUT2D eigenvalue weighted by Gasteiger charge is 2.16. The van der Waals surface area contributed by atoms with Crippen LogP contribution in [-0.2, 0) is 16.0 Å². The van der Waals surface area contributed by atoms with Crippen molar-refractivity contribution in [3.63, 3.8) is 0 Å². The van der Waals surface area contributed by atoms with Crippen molar-refractivity contribution in [2.75, 3.05) is 5.73 Å². The van der Waals surface area contributed by atoms with Crippen LogP contribution in [0.1, 0.15) is 38.3 Å². The number of nitrogen functional groups attached to an aromatic ring is 1. The molecule has 3 nitrogen and oxygen atoms in total. The zero-order valence-electron chi connectivity index (χ0n) is 11.3. The summed E-state index contributed by atoms with van der Waals surface area (Å²) < 4.78 is 18.4. The molecule has 0 atom stereocenters. The summed E-state index contributed by atoms with van der Waals surface area (Å²) in [4.78, 5) is 11.6. The Balaban J connectivity index is 2.67. The molecule has 1 aromatic carbocycles. The third-order valence-electron chi connectivity index (χ3n) is 2.54. The summed E-state index contributed by atoms with van der Waals surface area (Å²) in [6, 6.07) is 2.70. The largest absolute Gasteiger partial charge is 0.460 e. The first-order valence-corrected chi connectivity index (χ1v) is 5.95. The molecule has 1 rings (SSSR count). The third kappa shape index (κ3) is 4.35. The Morgan fingerprint density at radius 2 is 2.00 bits per heavy atom. The lowest BCUT2D eigenvalue weighted by molar-refractivity contribution is -0.154. The SMILES string of the molecule is Cc1c(N)cc(F)cc1CCC(=O)OC(C)(C)C. The van der Waals surface area contributed by atoms with Crippen molar-refractivity contribution < 1.29 is 13.9 Å². The third-order valence-corrected chi connectivity index (χ3v) is 2.54. The van der Waals surface area contributed by atoms with E-state index in [9.17, 15) is 9.18 Å². The van der Waals surface area contributed by atoms with E-state index in [1.165, 1.54) is 12.1 Å². The van der Waals surface area contributed by atoms with Gasteiger partial charge in [-0.3, -0.25) is 4.79 Å². The van der Waals surface area contributed by atoms with Gasteiger partial charge in [-0.1, -0.05) is 0 Å². The number of hydrogen-bond donors (Lipinski definition) is 1. The maximum absolute atomic E-state index is 13.2. The van der Waals surface area contributed by atoms with E-state index in [4.69, 9.17) is 10.5 Å². The second-order valence-corrected chi connectivity index (χ2v) is 5.37. The van der Waals surface area contributed by atoms with Crippen LogP contribution in [0.15, 0.2) is 12.1 Å². The molecule has 0 saturated heterocycles. The Morgan fingerprint density at radius 3 is 2.56 bits per heavy atom. The van der Waals surface area contributed by atoms with Crippen LogP contribution < -0.4 is 5.73 Å². The van der Waals surface area contributed by atoms with Gasteiger partial charge in [-0.2, -0.15) is 0 Å². The van der Waals surface area contributed by atoms with Crippen LogP contribution in [0.4, 0.5) is 10.1 Å². The number of nitrogens with two attached hydrogens (primary N) is 1. The highest BCUT2D eigenvalue weighted by Crippen LogP contribution is 2.20. The van der Waals surface area contributed by atoms with Crippen molar-refractivity contribution in [2.24, 2.45) is 0 Å². The Labute approximate surface area is 107 Å². The van der Waals surface area contributed by atoms with Gasteiger partial charge in [-0.15, -0.1) is 0 Å². The van der Waals surface area contributed by atoms with Crippen LogP contribution in [0.3, 0.4) is 0 Å². The van der Waals surface area contributed by atoms with Crippen molar-refractivity contribution in [2.45, 2.75) is 46.1 Å². The van der Waals surface area contributed by atoms with E-state index in [-0.39, 0.29) is 18.2 Å². The van der Waals surface area contributed by atoms with Crippen LogP contribution in [0, 0.1) is 12.7 Å². The zero-order valence-corrected chi connectivity index (χ0v) is 11.3. The molecule has 0 aromatic heterocycles. The fourth-order valence-corrected chi connectivity index (χ4v) is 1.65. The van der Waals surface area contributed by atoms with Crippen molar-refractivity contribution >= 4 is 11.7 Å². The minimum Gasteiger partial charge on any atom is -0.460 e. The first-order chi connectivity index (χ1) is 8.19. The number of rotatable bonds is 3. The molecule has 1 aromatic rings. The van der Waals surface area contributed by atoms with Crippen LogP contribution in [0.5, 0.6) is 0 Å². The maximum atomic E-state index is 13.2. The molecule has 0 aliphatic rings. The first kappa shape index (κ1) is 14.5. The highest BCUT2D eigenvalue weighted by atomic mass is 19.1. The van der Waals surface area contributed by atoms with Crippen LogP contribution in [0.25, 0.3) is 0 Å². The summed E-state index contributed by atoms with van der Waals surface area (Å²) in [5, 5.41) is 0. The number of carbonyl (C=O) groups is 1. The summed E-state index contributed by atoms with van der Waals surface area (Å²) >= 11 is 0. The maximum Gasteiger partial charge on any atom is 0.306 e. The van der Waals surface area contributed by atoms with Gasteiger partial charge in [0.15, 0.2) is 0 Å². The number of benzene rings is 1. The van der Waals surface area contributed by atoms with Gasteiger partial charge < -0.3 is 10.5 Å². The van der Waals surface area contributed by atoms with Gasteiger partial charge in [0.2, 0.25) is 0 Å². The van der Waals surface area contributed by atoms with Gasteiger partial charge in [0.1, 0.15) is 11.4 Å². The predicted molar refractivity (Wildman–Crippen MR) is 69.7 cm³/mol. The monoisotopic (exact) mass is 253 g/mol. The molecule has 0 spiro atoms. The second kappa shape index (κ2) is 5.38. The number of aryl methyl sites for hydroxylation is 1. The molecule has 0 aliphatic heterocycles. The van der Waals surface area contributed by atoms with Gasteiger partial charge in [0.25, 0.3) is 0 Å². The lowest BCUT2D eigenvalue weighted by Crippen LogP contribution is -2.24. The average Bonchev–Trinajstić information content (AvgIpc) is 2.18. The van der Waals surface area contributed by atoms with Crippen molar-refractivity contribution in [3.05, 3.63) is 29.1 Å².